The first kappa shape index (κ1) is 28.4. The molecule has 0 aromatic carbocycles. The molecule has 0 rings (SSSR count). The summed E-state index contributed by atoms with van der Waals surface area (Å²) in [6.07, 6.45) is 25.3. The topological polar surface area (TPSA) is 46.5 Å². The molecule has 0 saturated heterocycles. The zero-order valence-electron chi connectivity index (χ0n) is 20.1. The number of hydrogen-bond acceptors (Lipinski definition) is 3. The zero-order valence-corrected chi connectivity index (χ0v) is 20.1. The van der Waals surface area contributed by atoms with E-state index in [1.807, 2.05) is 0 Å². The minimum absolute atomic E-state index is 0.126. The smallest absolute Gasteiger partial charge is 0.301 e. The van der Waals surface area contributed by atoms with Gasteiger partial charge in [-0.3, -0.25) is 0 Å². The maximum atomic E-state index is 12.0. The number of hydrogen-bond donors (Lipinski definition) is 1. The van der Waals surface area contributed by atoms with Gasteiger partial charge in [0.2, 0.25) is 0 Å². The quantitative estimate of drug-likeness (QED) is 0.109. The molecule has 2 atom stereocenters. The van der Waals surface area contributed by atoms with Crippen molar-refractivity contribution in [2.45, 2.75) is 149 Å². The summed E-state index contributed by atoms with van der Waals surface area (Å²) < 4.78 is 0. The van der Waals surface area contributed by atoms with Gasteiger partial charge in [0.1, 0.15) is 0 Å². The number of rotatable bonds is 22. The van der Waals surface area contributed by atoms with E-state index in [0.717, 1.165) is 25.7 Å². The summed E-state index contributed by atoms with van der Waals surface area (Å²) in [6.45, 7) is 6.63. The molecule has 0 aliphatic heterocycles. The molecule has 2 unspecified atom stereocenters. The van der Waals surface area contributed by atoms with E-state index in [1.54, 1.807) is 0 Å². The van der Waals surface area contributed by atoms with Crippen molar-refractivity contribution >= 4 is 5.97 Å². The van der Waals surface area contributed by atoms with Crippen molar-refractivity contribution < 1.29 is 14.9 Å². The van der Waals surface area contributed by atoms with Crippen molar-refractivity contribution in [1.29, 1.82) is 0 Å². The lowest BCUT2D eigenvalue weighted by atomic mass is 9.82. The summed E-state index contributed by atoms with van der Waals surface area (Å²) in [5.41, 5.74) is 0. The second kappa shape index (κ2) is 22.1. The summed E-state index contributed by atoms with van der Waals surface area (Å²) in [5, 5.41) is 8.89. The minimum Gasteiger partial charge on any atom is -0.301 e. The van der Waals surface area contributed by atoms with Gasteiger partial charge in [-0.15, -0.1) is 0 Å². The van der Waals surface area contributed by atoms with Crippen LogP contribution in [-0.2, 0) is 9.68 Å². The molecule has 29 heavy (non-hydrogen) atoms. The third-order valence-corrected chi connectivity index (χ3v) is 6.53. The Morgan fingerprint density at radius 1 is 0.621 bits per heavy atom. The molecule has 0 aromatic rings. The normalized spacial score (nSPS) is 13.4. The zero-order chi connectivity index (χ0) is 21.6. The Morgan fingerprint density at radius 3 is 1.41 bits per heavy atom. The molecule has 0 aliphatic carbocycles. The van der Waals surface area contributed by atoms with Gasteiger partial charge < -0.3 is 4.89 Å². The number of carbonyl (C=O) groups is 1. The van der Waals surface area contributed by atoms with Crippen LogP contribution in [0, 0.1) is 11.8 Å². The van der Waals surface area contributed by atoms with E-state index < -0.39 is 5.97 Å². The highest BCUT2D eigenvalue weighted by Gasteiger charge is 2.28. The van der Waals surface area contributed by atoms with Gasteiger partial charge >= 0.3 is 5.97 Å². The van der Waals surface area contributed by atoms with E-state index in [-0.39, 0.29) is 5.92 Å². The van der Waals surface area contributed by atoms with E-state index in [9.17, 15) is 4.79 Å². The predicted molar refractivity (Wildman–Crippen MR) is 125 cm³/mol. The second-order valence-electron chi connectivity index (χ2n) is 9.07. The molecule has 0 aliphatic rings. The number of carbonyl (C=O) groups excluding carboxylic acids is 1. The van der Waals surface area contributed by atoms with Gasteiger partial charge in [-0.2, -0.15) is 5.26 Å². The lowest BCUT2D eigenvalue weighted by molar-refractivity contribution is -0.241. The Bertz CT molecular complexity index is 343. The monoisotopic (exact) mass is 412 g/mol. The first-order valence-corrected chi connectivity index (χ1v) is 13.1. The van der Waals surface area contributed by atoms with Crippen molar-refractivity contribution in [2.75, 3.05) is 0 Å². The molecular formula is C26H52O3. The van der Waals surface area contributed by atoms with E-state index in [2.05, 4.69) is 25.7 Å². The average molecular weight is 413 g/mol. The summed E-state index contributed by atoms with van der Waals surface area (Å²) in [5.74, 6) is -0.189. The van der Waals surface area contributed by atoms with Crippen LogP contribution < -0.4 is 0 Å². The third-order valence-electron chi connectivity index (χ3n) is 6.53. The second-order valence-corrected chi connectivity index (χ2v) is 9.07. The fourth-order valence-electron chi connectivity index (χ4n) is 4.52. The van der Waals surface area contributed by atoms with Crippen LogP contribution >= 0.6 is 0 Å². The van der Waals surface area contributed by atoms with E-state index in [1.165, 1.54) is 103 Å². The van der Waals surface area contributed by atoms with Gasteiger partial charge in [0, 0.05) is 0 Å². The lowest BCUT2D eigenvalue weighted by Gasteiger charge is -2.23. The maximum absolute atomic E-state index is 12.0. The fourth-order valence-corrected chi connectivity index (χ4v) is 4.52. The molecule has 0 radical (unpaired) electrons. The Labute approximate surface area is 182 Å². The highest BCUT2D eigenvalue weighted by atomic mass is 17.1. The highest BCUT2D eigenvalue weighted by molar-refractivity contribution is 5.72. The Morgan fingerprint density at radius 2 is 1.00 bits per heavy atom. The average Bonchev–Trinajstić information content (AvgIpc) is 2.74. The molecule has 0 fully saturated rings. The first-order chi connectivity index (χ1) is 14.2. The summed E-state index contributed by atoms with van der Waals surface area (Å²) in [4.78, 5) is 16.2. The van der Waals surface area contributed by atoms with E-state index >= 15 is 0 Å². The van der Waals surface area contributed by atoms with Crippen molar-refractivity contribution in [3.05, 3.63) is 0 Å². The Hall–Kier alpha value is -0.570. The van der Waals surface area contributed by atoms with Crippen LogP contribution in [0.15, 0.2) is 0 Å². The van der Waals surface area contributed by atoms with Crippen LogP contribution in [0.3, 0.4) is 0 Å². The Balaban J connectivity index is 3.73. The lowest BCUT2D eigenvalue weighted by Crippen LogP contribution is -2.25. The molecule has 0 amide bonds. The van der Waals surface area contributed by atoms with Gasteiger partial charge in [-0.1, -0.05) is 136 Å². The van der Waals surface area contributed by atoms with Crippen molar-refractivity contribution in [2.24, 2.45) is 11.8 Å². The van der Waals surface area contributed by atoms with Crippen molar-refractivity contribution in [3.63, 3.8) is 0 Å². The SMILES string of the molecule is CCCCCCCCCCCCCCCCC(C(=O)OO)C(CC)CCCCC. The molecule has 0 spiro atoms. The fraction of sp³-hybridized carbons (Fsp3) is 0.962. The molecule has 3 heteroatoms. The Kier molecular flexibility index (Phi) is 21.7. The summed E-state index contributed by atoms with van der Waals surface area (Å²) >= 11 is 0. The highest BCUT2D eigenvalue weighted by Crippen LogP contribution is 2.28. The van der Waals surface area contributed by atoms with Gasteiger partial charge in [0.25, 0.3) is 0 Å². The van der Waals surface area contributed by atoms with Crippen LogP contribution in [0.25, 0.3) is 0 Å². The third kappa shape index (κ3) is 16.9. The standard InChI is InChI=1S/C26H52O3/c1-4-7-9-10-11-12-13-14-15-16-17-18-19-21-23-25(26(27)29-28)24(6-3)22-20-8-5-2/h24-25,28H,4-23H2,1-3H3. The van der Waals surface area contributed by atoms with Crippen LogP contribution in [0.2, 0.25) is 0 Å². The molecule has 0 aromatic heterocycles. The van der Waals surface area contributed by atoms with Crippen LogP contribution in [0.4, 0.5) is 0 Å². The van der Waals surface area contributed by atoms with Crippen LogP contribution in [-0.4, -0.2) is 11.2 Å². The molecule has 0 heterocycles. The van der Waals surface area contributed by atoms with Gasteiger partial charge in [0.05, 0.1) is 5.92 Å². The summed E-state index contributed by atoms with van der Waals surface area (Å²) in [6, 6.07) is 0. The molecule has 0 bridgehead atoms. The molecule has 3 nitrogen and oxygen atoms in total. The van der Waals surface area contributed by atoms with E-state index in [0.29, 0.717) is 5.92 Å². The van der Waals surface area contributed by atoms with Crippen molar-refractivity contribution in [3.8, 4) is 0 Å². The maximum Gasteiger partial charge on any atom is 0.345 e. The van der Waals surface area contributed by atoms with Gasteiger partial charge in [0.15, 0.2) is 0 Å². The first-order valence-electron chi connectivity index (χ1n) is 13.1. The largest absolute Gasteiger partial charge is 0.345 e. The minimum atomic E-state index is -0.414. The molecular weight excluding hydrogens is 360 g/mol. The van der Waals surface area contributed by atoms with Crippen LogP contribution in [0.5, 0.6) is 0 Å². The molecule has 1 N–H and O–H groups in total. The van der Waals surface area contributed by atoms with Gasteiger partial charge in [-0.05, 0) is 18.8 Å². The molecule has 0 saturated carbocycles. The number of unbranched alkanes of at least 4 members (excludes halogenated alkanes) is 15. The van der Waals surface area contributed by atoms with Gasteiger partial charge in [-0.25, -0.2) is 4.79 Å². The van der Waals surface area contributed by atoms with E-state index in [4.69, 9.17) is 5.26 Å². The van der Waals surface area contributed by atoms with Crippen LogP contribution in [0.1, 0.15) is 149 Å². The van der Waals surface area contributed by atoms with Crippen molar-refractivity contribution in [1.82, 2.24) is 0 Å². The summed E-state index contributed by atoms with van der Waals surface area (Å²) in [7, 11) is 0. The predicted octanol–water partition coefficient (Wildman–Crippen LogP) is 9.10. The molecule has 174 valence electrons.